The number of hydrogen-bond acceptors (Lipinski definition) is 2. The molecule has 0 aliphatic heterocycles. The minimum atomic E-state index is 0. The molecule has 0 bridgehead atoms. The molecule has 0 amide bonds. The molecule has 0 heterocycles. The largest absolute Gasteiger partial charge is 0.412 e. The van der Waals surface area contributed by atoms with Gasteiger partial charge in [0.2, 0.25) is 0 Å². The van der Waals surface area contributed by atoms with Crippen LogP contribution in [0.3, 0.4) is 0 Å². The lowest BCUT2D eigenvalue weighted by molar-refractivity contribution is 0.646. The predicted octanol–water partition coefficient (Wildman–Crippen LogP) is 2.49. The minimum Gasteiger partial charge on any atom is -0.412 e. The first-order valence-corrected chi connectivity index (χ1v) is 4.80. The van der Waals surface area contributed by atoms with Crippen molar-refractivity contribution in [3.63, 3.8) is 0 Å². The van der Waals surface area contributed by atoms with E-state index in [0.29, 0.717) is 0 Å². The van der Waals surface area contributed by atoms with E-state index in [1.165, 1.54) is 17.6 Å². The Balaban J connectivity index is 0.00000169. The highest BCUT2D eigenvalue weighted by Crippen LogP contribution is 2.22. The van der Waals surface area contributed by atoms with Gasteiger partial charge < -0.3 is 9.66 Å². The van der Waals surface area contributed by atoms with Crippen LogP contribution in [0.25, 0.3) is 0 Å². The molecule has 14 heavy (non-hydrogen) atoms. The van der Waals surface area contributed by atoms with Gasteiger partial charge in [0.05, 0.1) is 0 Å². The second-order valence-corrected chi connectivity index (χ2v) is 3.33. The Morgan fingerprint density at radius 1 is 1.29 bits per heavy atom. The van der Waals surface area contributed by atoms with Crippen molar-refractivity contribution in [2.45, 2.75) is 20.8 Å². The highest BCUT2D eigenvalue weighted by molar-refractivity contribution is 7.99. The van der Waals surface area contributed by atoms with Crippen molar-refractivity contribution in [3.05, 3.63) is 29.3 Å². The van der Waals surface area contributed by atoms with Crippen LogP contribution < -0.4 is 4.18 Å². The van der Waals surface area contributed by atoms with Gasteiger partial charge >= 0.3 is 0 Å². The summed E-state index contributed by atoms with van der Waals surface area (Å²) in [5.74, 6) is 3.66. The molecule has 2 nitrogen and oxygen atoms in total. The second kappa shape index (κ2) is 6.36. The molecule has 0 saturated heterocycles. The maximum atomic E-state index is 5.40. The van der Waals surface area contributed by atoms with Crippen LogP contribution in [0.2, 0.25) is 0 Å². The van der Waals surface area contributed by atoms with E-state index >= 15 is 0 Å². The summed E-state index contributed by atoms with van der Waals surface area (Å²) in [5.41, 5.74) is 2.33. The molecule has 0 aromatic heterocycles. The van der Waals surface area contributed by atoms with E-state index in [4.69, 9.17) is 4.18 Å². The molecule has 3 heteroatoms. The van der Waals surface area contributed by atoms with E-state index in [-0.39, 0.29) is 5.48 Å². The summed E-state index contributed by atoms with van der Waals surface area (Å²) in [6.07, 6.45) is 0. The van der Waals surface area contributed by atoms with E-state index in [0.717, 1.165) is 11.3 Å². The third-order valence-corrected chi connectivity index (χ3v) is 2.17. The monoisotopic (exact) mass is 210 g/mol. The molecule has 2 N–H and O–H groups in total. The molecule has 0 fully saturated rings. The van der Waals surface area contributed by atoms with Crippen molar-refractivity contribution in [1.29, 1.82) is 0 Å². The van der Waals surface area contributed by atoms with Crippen LogP contribution >= 0.6 is 12.0 Å². The molecule has 0 unspecified atom stereocenters. The zero-order valence-electron chi connectivity index (χ0n) is 8.55. The minimum absolute atomic E-state index is 0. The summed E-state index contributed by atoms with van der Waals surface area (Å²) in [6.45, 7) is 5.86. The van der Waals surface area contributed by atoms with Crippen LogP contribution in [0.5, 0.6) is 5.75 Å². The van der Waals surface area contributed by atoms with Gasteiger partial charge in [0.1, 0.15) is 17.8 Å². The summed E-state index contributed by atoms with van der Waals surface area (Å²) in [4.78, 5) is 0. The smallest absolute Gasteiger partial charge is 0.145 e. The van der Waals surface area contributed by atoms with E-state index in [2.05, 4.69) is 17.2 Å². The van der Waals surface area contributed by atoms with Crippen LogP contribution in [0.4, 0.5) is 0 Å². The van der Waals surface area contributed by atoms with Crippen molar-refractivity contribution in [1.82, 2.24) is 0 Å². The number of aryl methyl sites for hydroxylation is 2. The third-order valence-electron chi connectivity index (χ3n) is 1.62. The SMILES string of the molecule is CC#CSOc1cc(C)ccc1C.O. The van der Waals surface area contributed by atoms with Gasteiger partial charge in [0.15, 0.2) is 0 Å². The fourth-order valence-corrected chi connectivity index (χ4v) is 1.30. The summed E-state index contributed by atoms with van der Waals surface area (Å²) >= 11 is 1.17. The molecule has 0 atom stereocenters. The molecule has 0 aliphatic carbocycles. The summed E-state index contributed by atoms with van der Waals surface area (Å²) < 4.78 is 5.40. The van der Waals surface area contributed by atoms with Gasteiger partial charge in [0.25, 0.3) is 0 Å². The first-order chi connectivity index (χ1) is 6.24. The van der Waals surface area contributed by atoms with Gasteiger partial charge in [-0.05, 0) is 38.0 Å². The third kappa shape index (κ3) is 3.73. The average Bonchev–Trinajstić information content (AvgIpc) is 2.11. The van der Waals surface area contributed by atoms with E-state index < -0.39 is 0 Å². The molecule has 0 radical (unpaired) electrons. The van der Waals surface area contributed by atoms with Crippen LogP contribution in [-0.4, -0.2) is 5.48 Å². The number of rotatable bonds is 2. The molecule has 0 saturated carbocycles. The van der Waals surface area contributed by atoms with E-state index in [9.17, 15) is 0 Å². The highest BCUT2D eigenvalue weighted by Gasteiger charge is 1.98. The Labute approximate surface area is 89.2 Å². The topological polar surface area (TPSA) is 40.7 Å². The van der Waals surface area contributed by atoms with Crippen LogP contribution in [0, 0.1) is 25.0 Å². The van der Waals surface area contributed by atoms with Crippen molar-refractivity contribution in [2.24, 2.45) is 0 Å². The lowest BCUT2D eigenvalue weighted by atomic mass is 10.1. The molecule has 1 rings (SSSR count). The fraction of sp³-hybridized carbons (Fsp3) is 0.273. The first-order valence-electron chi connectivity index (χ1n) is 4.06. The lowest BCUT2D eigenvalue weighted by Gasteiger charge is -2.04. The summed E-state index contributed by atoms with van der Waals surface area (Å²) in [5, 5.41) is 2.79. The van der Waals surface area contributed by atoms with E-state index in [1.54, 1.807) is 6.92 Å². The van der Waals surface area contributed by atoms with Crippen molar-refractivity contribution in [2.75, 3.05) is 0 Å². The van der Waals surface area contributed by atoms with Crippen LogP contribution in [-0.2, 0) is 0 Å². The zero-order chi connectivity index (χ0) is 9.68. The molecule has 0 spiro atoms. The summed E-state index contributed by atoms with van der Waals surface area (Å²) in [7, 11) is 0. The number of benzene rings is 1. The Morgan fingerprint density at radius 2 is 2.00 bits per heavy atom. The molecule has 1 aromatic rings. The maximum Gasteiger partial charge on any atom is 0.145 e. The Morgan fingerprint density at radius 3 is 2.64 bits per heavy atom. The van der Waals surface area contributed by atoms with Crippen LogP contribution in [0.1, 0.15) is 18.1 Å². The van der Waals surface area contributed by atoms with E-state index in [1.807, 2.05) is 26.0 Å². The molecular weight excluding hydrogens is 196 g/mol. The number of hydrogen-bond donors (Lipinski definition) is 0. The second-order valence-electron chi connectivity index (χ2n) is 2.79. The average molecular weight is 210 g/mol. The van der Waals surface area contributed by atoms with Gasteiger partial charge in [-0.25, -0.2) is 0 Å². The van der Waals surface area contributed by atoms with Gasteiger partial charge in [-0.2, -0.15) is 0 Å². The van der Waals surface area contributed by atoms with Crippen molar-refractivity contribution in [3.8, 4) is 16.9 Å². The first kappa shape index (κ1) is 12.9. The van der Waals surface area contributed by atoms with Crippen molar-refractivity contribution >= 4 is 12.0 Å². The van der Waals surface area contributed by atoms with Crippen molar-refractivity contribution < 1.29 is 9.66 Å². The lowest BCUT2D eigenvalue weighted by Crippen LogP contribution is -1.84. The zero-order valence-corrected chi connectivity index (χ0v) is 9.37. The predicted molar refractivity (Wildman–Crippen MR) is 61.2 cm³/mol. The molecular formula is C11H14O2S. The Bertz CT molecular complexity index is 350. The highest BCUT2D eigenvalue weighted by atomic mass is 32.2. The van der Waals surface area contributed by atoms with Crippen LogP contribution in [0.15, 0.2) is 18.2 Å². The maximum absolute atomic E-state index is 5.40. The molecule has 1 aromatic carbocycles. The van der Waals surface area contributed by atoms with Gasteiger partial charge in [-0.3, -0.25) is 0 Å². The Hall–Kier alpha value is -1.11. The molecule has 76 valence electrons. The quantitative estimate of drug-likeness (QED) is 0.556. The fourth-order valence-electron chi connectivity index (χ4n) is 0.904. The summed E-state index contributed by atoms with van der Waals surface area (Å²) in [6, 6.07) is 6.13. The van der Waals surface area contributed by atoms with Gasteiger partial charge in [-0.1, -0.05) is 18.1 Å². The molecule has 0 aliphatic rings. The normalized spacial score (nSPS) is 8.21. The Kier molecular flexibility index (Phi) is 5.86. The van der Waals surface area contributed by atoms with Gasteiger partial charge in [-0.15, -0.1) is 0 Å². The van der Waals surface area contributed by atoms with Gasteiger partial charge in [0, 0.05) is 5.25 Å². The standard InChI is InChI=1S/C11H12OS.H2O/c1-4-7-13-12-11-8-9(2)5-6-10(11)3;/h5-6,8H,1-3H3;1H2.